The Kier molecular flexibility index (Phi) is 3.04. The maximum atomic E-state index is 12.2. The highest BCUT2D eigenvalue weighted by Crippen LogP contribution is 2.39. The molecule has 0 unspecified atom stereocenters. The molecule has 3 fully saturated rings. The third-order valence-electron chi connectivity index (χ3n) is 5.14. The van der Waals surface area contributed by atoms with Gasteiger partial charge in [0.2, 0.25) is 11.8 Å². The van der Waals surface area contributed by atoms with Gasteiger partial charge in [-0.3, -0.25) is 9.59 Å². The van der Waals surface area contributed by atoms with E-state index >= 15 is 0 Å². The van der Waals surface area contributed by atoms with E-state index in [0.717, 1.165) is 51.7 Å². The average molecular weight is 266 g/mol. The molecule has 0 aromatic rings. The largest absolute Gasteiger partial charge is 0.389 e. The van der Waals surface area contributed by atoms with Crippen molar-refractivity contribution in [1.29, 1.82) is 0 Å². The second-order valence-corrected chi connectivity index (χ2v) is 6.59. The number of carbonyl (C=O) groups excluding carboxylic acids is 2. The van der Waals surface area contributed by atoms with Crippen LogP contribution in [0.1, 0.15) is 44.9 Å². The maximum absolute atomic E-state index is 12.2. The van der Waals surface area contributed by atoms with E-state index in [0.29, 0.717) is 6.42 Å². The fourth-order valence-corrected chi connectivity index (χ4v) is 3.49. The Morgan fingerprint density at radius 3 is 2.42 bits per heavy atom. The minimum atomic E-state index is -0.725. The predicted octanol–water partition coefficient (Wildman–Crippen LogP) is 0.420. The normalized spacial score (nSPS) is 28.1. The van der Waals surface area contributed by atoms with E-state index < -0.39 is 5.60 Å². The summed E-state index contributed by atoms with van der Waals surface area (Å²) in [5.41, 5.74) is -0.641. The van der Waals surface area contributed by atoms with Crippen LogP contribution in [0.2, 0.25) is 0 Å². The van der Waals surface area contributed by atoms with Crippen LogP contribution in [-0.4, -0.2) is 47.1 Å². The molecular formula is C14H22N2O3. The highest BCUT2D eigenvalue weighted by Gasteiger charge is 2.43. The Bertz CT molecular complexity index is 395. The lowest BCUT2D eigenvalue weighted by Crippen LogP contribution is -2.48. The number of nitrogens with zero attached hydrogens (tertiary/aromatic N) is 1. The zero-order valence-corrected chi connectivity index (χ0v) is 11.3. The molecule has 0 aromatic carbocycles. The summed E-state index contributed by atoms with van der Waals surface area (Å²) in [6, 6.07) is 0. The lowest BCUT2D eigenvalue weighted by atomic mass is 9.76. The highest BCUT2D eigenvalue weighted by molar-refractivity contribution is 5.80. The van der Waals surface area contributed by atoms with Gasteiger partial charge in [-0.2, -0.15) is 0 Å². The summed E-state index contributed by atoms with van der Waals surface area (Å²) in [5, 5.41) is 12.9. The lowest BCUT2D eigenvalue weighted by Gasteiger charge is -2.41. The van der Waals surface area contributed by atoms with E-state index in [9.17, 15) is 14.7 Å². The number of rotatable bonds is 2. The highest BCUT2D eigenvalue weighted by atomic mass is 16.3. The van der Waals surface area contributed by atoms with Gasteiger partial charge in [-0.15, -0.1) is 0 Å². The molecule has 3 rings (SSSR count). The van der Waals surface area contributed by atoms with Gasteiger partial charge < -0.3 is 15.3 Å². The first-order valence-electron chi connectivity index (χ1n) is 7.27. The molecule has 3 aliphatic rings. The smallest absolute Gasteiger partial charge is 0.225 e. The van der Waals surface area contributed by atoms with Crippen LogP contribution in [0.4, 0.5) is 0 Å². The van der Waals surface area contributed by atoms with Crippen LogP contribution in [0, 0.1) is 5.41 Å². The number of hydrogen-bond acceptors (Lipinski definition) is 3. The summed E-state index contributed by atoms with van der Waals surface area (Å²) in [6.45, 7) is 2.21. The zero-order valence-electron chi connectivity index (χ0n) is 11.3. The van der Waals surface area contributed by atoms with Crippen LogP contribution >= 0.6 is 0 Å². The molecule has 2 heterocycles. The van der Waals surface area contributed by atoms with Gasteiger partial charge in [-0.1, -0.05) is 0 Å². The zero-order chi connectivity index (χ0) is 13.5. The van der Waals surface area contributed by atoms with E-state index in [1.807, 2.05) is 4.90 Å². The topological polar surface area (TPSA) is 69.6 Å². The molecule has 106 valence electrons. The third kappa shape index (κ3) is 2.48. The third-order valence-corrected chi connectivity index (χ3v) is 5.14. The second kappa shape index (κ2) is 4.47. The van der Waals surface area contributed by atoms with E-state index in [1.165, 1.54) is 0 Å². The fourth-order valence-electron chi connectivity index (χ4n) is 3.49. The van der Waals surface area contributed by atoms with Gasteiger partial charge in [0.1, 0.15) is 0 Å². The van der Waals surface area contributed by atoms with Crippen molar-refractivity contribution in [2.75, 3.05) is 19.6 Å². The van der Waals surface area contributed by atoms with Gasteiger partial charge >= 0.3 is 0 Å². The molecule has 1 aliphatic carbocycles. The molecule has 5 nitrogen and oxygen atoms in total. The summed E-state index contributed by atoms with van der Waals surface area (Å²) in [5.74, 6) is 0.220. The molecule has 2 N–H and O–H groups in total. The van der Waals surface area contributed by atoms with Crippen LogP contribution in [0.5, 0.6) is 0 Å². The number of hydrogen-bond donors (Lipinski definition) is 2. The molecule has 0 bridgehead atoms. The number of likely N-dealkylation sites (tertiary alicyclic amines) is 1. The van der Waals surface area contributed by atoms with Crippen LogP contribution in [0.15, 0.2) is 0 Å². The number of nitrogens with one attached hydrogen (secondary N) is 1. The average Bonchev–Trinajstić information content (AvgIpc) is 2.69. The van der Waals surface area contributed by atoms with E-state index in [4.69, 9.17) is 0 Å². The first-order valence-corrected chi connectivity index (χ1v) is 7.27. The van der Waals surface area contributed by atoms with Crippen molar-refractivity contribution in [2.45, 2.75) is 50.5 Å². The minimum absolute atomic E-state index is 0.0781. The molecule has 2 amide bonds. The standard InChI is InChI=1S/C14H22N2O3/c17-11-8-13(10-15-11)4-6-16(7-5-13)12(18)9-14(19)2-1-3-14/h19H,1-10H2,(H,15,17). The monoisotopic (exact) mass is 266 g/mol. The molecule has 1 spiro atoms. The van der Waals surface area contributed by atoms with Gasteiger partial charge in [-0.25, -0.2) is 0 Å². The Morgan fingerprint density at radius 1 is 1.26 bits per heavy atom. The quantitative estimate of drug-likeness (QED) is 0.761. The molecule has 0 aromatic heterocycles. The summed E-state index contributed by atoms with van der Waals surface area (Å²) < 4.78 is 0. The maximum Gasteiger partial charge on any atom is 0.225 e. The van der Waals surface area contributed by atoms with E-state index in [2.05, 4.69) is 5.32 Å². The lowest BCUT2D eigenvalue weighted by molar-refractivity contribution is -0.142. The van der Waals surface area contributed by atoms with Gasteiger partial charge in [0.15, 0.2) is 0 Å². The summed E-state index contributed by atoms with van der Waals surface area (Å²) in [7, 11) is 0. The fraction of sp³-hybridized carbons (Fsp3) is 0.857. The van der Waals surface area contributed by atoms with Gasteiger partial charge in [-0.05, 0) is 37.5 Å². The Hall–Kier alpha value is -1.10. The molecule has 19 heavy (non-hydrogen) atoms. The molecule has 0 radical (unpaired) electrons. The second-order valence-electron chi connectivity index (χ2n) is 6.59. The van der Waals surface area contributed by atoms with Crippen molar-refractivity contribution in [3.8, 4) is 0 Å². The number of amides is 2. The predicted molar refractivity (Wildman–Crippen MR) is 69.3 cm³/mol. The van der Waals surface area contributed by atoms with Gasteiger partial charge in [0, 0.05) is 26.1 Å². The molecular weight excluding hydrogens is 244 g/mol. The first-order chi connectivity index (χ1) is 9.00. The van der Waals surface area contributed by atoms with Crippen molar-refractivity contribution < 1.29 is 14.7 Å². The van der Waals surface area contributed by atoms with Crippen LogP contribution < -0.4 is 5.32 Å². The van der Waals surface area contributed by atoms with Crippen molar-refractivity contribution in [3.63, 3.8) is 0 Å². The van der Waals surface area contributed by atoms with Crippen LogP contribution in [0.3, 0.4) is 0 Å². The van der Waals surface area contributed by atoms with Gasteiger partial charge in [0.25, 0.3) is 0 Å². The summed E-state index contributed by atoms with van der Waals surface area (Å²) >= 11 is 0. The first kappa shape index (κ1) is 12.9. The number of carbonyl (C=O) groups is 2. The van der Waals surface area contributed by atoms with Crippen LogP contribution in [-0.2, 0) is 9.59 Å². The summed E-state index contributed by atoms with van der Waals surface area (Å²) in [6.07, 6.45) is 5.23. The van der Waals surface area contributed by atoms with Crippen molar-refractivity contribution in [3.05, 3.63) is 0 Å². The molecule has 2 aliphatic heterocycles. The number of aliphatic hydroxyl groups is 1. The van der Waals surface area contributed by atoms with Crippen LogP contribution in [0.25, 0.3) is 0 Å². The molecule has 2 saturated heterocycles. The minimum Gasteiger partial charge on any atom is -0.389 e. The summed E-state index contributed by atoms with van der Waals surface area (Å²) in [4.78, 5) is 25.4. The Morgan fingerprint density at radius 2 is 1.95 bits per heavy atom. The SMILES string of the molecule is O=C1CC2(CCN(C(=O)CC3(O)CCC3)CC2)CN1. The molecule has 5 heteroatoms. The molecule has 1 saturated carbocycles. The van der Waals surface area contributed by atoms with Crippen molar-refractivity contribution in [2.24, 2.45) is 5.41 Å². The van der Waals surface area contributed by atoms with E-state index in [1.54, 1.807) is 0 Å². The Balaban J connectivity index is 1.52. The van der Waals surface area contributed by atoms with Crippen molar-refractivity contribution >= 4 is 11.8 Å². The van der Waals surface area contributed by atoms with E-state index in [-0.39, 0.29) is 23.7 Å². The van der Waals surface area contributed by atoms with Crippen molar-refractivity contribution in [1.82, 2.24) is 10.2 Å². The number of piperidine rings is 1. The van der Waals surface area contributed by atoms with Gasteiger partial charge in [0.05, 0.1) is 12.0 Å². The Labute approximate surface area is 113 Å². The molecule has 0 atom stereocenters.